The van der Waals surface area contributed by atoms with Gasteiger partial charge in [0.1, 0.15) is 5.82 Å². The maximum atomic E-state index is 13.6. The molecule has 1 amide bonds. The smallest absolute Gasteiger partial charge is 0.337 e. The number of furan rings is 1. The molecule has 2 rings (SSSR count). The van der Waals surface area contributed by atoms with Crippen LogP contribution in [0, 0.1) is 5.82 Å². The molecular formula is C13H9ClFNO4. The Morgan fingerprint density at radius 3 is 2.70 bits per heavy atom. The van der Waals surface area contributed by atoms with Gasteiger partial charge in [-0.3, -0.25) is 4.79 Å². The number of carbonyl (C=O) groups excluding carboxylic acids is 2. The fourth-order valence-corrected chi connectivity index (χ4v) is 1.71. The Kier molecular flexibility index (Phi) is 4.05. The number of carbonyl (C=O) groups is 2. The molecule has 0 spiro atoms. The average molecular weight is 298 g/mol. The molecule has 5 nitrogen and oxygen atoms in total. The van der Waals surface area contributed by atoms with Gasteiger partial charge >= 0.3 is 5.97 Å². The van der Waals surface area contributed by atoms with Gasteiger partial charge < -0.3 is 14.5 Å². The number of rotatable bonds is 3. The Morgan fingerprint density at radius 2 is 2.10 bits per heavy atom. The van der Waals surface area contributed by atoms with E-state index in [2.05, 4.69) is 10.1 Å². The van der Waals surface area contributed by atoms with Gasteiger partial charge in [-0.15, -0.1) is 0 Å². The predicted octanol–water partition coefficient (Wildman–Crippen LogP) is 3.11. The number of benzene rings is 1. The van der Waals surface area contributed by atoms with Crippen molar-refractivity contribution in [2.45, 2.75) is 0 Å². The third-order valence-corrected chi connectivity index (χ3v) is 2.79. The second-order valence-corrected chi connectivity index (χ2v) is 4.09. The normalized spacial score (nSPS) is 10.2. The van der Waals surface area contributed by atoms with Crippen LogP contribution in [0.5, 0.6) is 0 Å². The zero-order valence-corrected chi connectivity index (χ0v) is 11.0. The lowest BCUT2D eigenvalue weighted by Crippen LogP contribution is -2.13. The van der Waals surface area contributed by atoms with Crippen molar-refractivity contribution in [1.29, 1.82) is 0 Å². The Hall–Kier alpha value is -2.34. The molecule has 0 atom stereocenters. The number of anilines is 1. The summed E-state index contributed by atoms with van der Waals surface area (Å²) in [6.45, 7) is 0. The van der Waals surface area contributed by atoms with E-state index < -0.39 is 17.7 Å². The van der Waals surface area contributed by atoms with Crippen LogP contribution >= 0.6 is 11.6 Å². The van der Waals surface area contributed by atoms with Crippen molar-refractivity contribution >= 4 is 29.2 Å². The summed E-state index contributed by atoms with van der Waals surface area (Å²) in [4.78, 5) is 23.2. The quantitative estimate of drug-likeness (QED) is 0.884. The summed E-state index contributed by atoms with van der Waals surface area (Å²) >= 11 is 5.65. The monoisotopic (exact) mass is 297 g/mol. The van der Waals surface area contributed by atoms with Gasteiger partial charge in [0.15, 0.2) is 0 Å². The van der Waals surface area contributed by atoms with Crippen molar-refractivity contribution in [3.05, 3.63) is 52.7 Å². The number of amides is 1. The van der Waals surface area contributed by atoms with Crippen LogP contribution in [-0.4, -0.2) is 19.0 Å². The number of halogens is 2. The van der Waals surface area contributed by atoms with Gasteiger partial charge in [-0.05, 0) is 35.9 Å². The summed E-state index contributed by atoms with van der Waals surface area (Å²) < 4.78 is 22.9. The zero-order chi connectivity index (χ0) is 14.7. The lowest BCUT2D eigenvalue weighted by molar-refractivity contribution is 0.0600. The van der Waals surface area contributed by atoms with E-state index in [-0.39, 0.29) is 22.0 Å². The molecule has 1 aromatic carbocycles. The first-order valence-corrected chi connectivity index (χ1v) is 5.83. The minimum absolute atomic E-state index is 0.0644. The first-order chi connectivity index (χ1) is 9.52. The highest BCUT2D eigenvalue weighted by atomic mass is 35.5. The summed E-state index contributed by atoms with van der Waals surface area (Å²) in [5, 5.41) is 2.20. The maximum absolute atomic E-state index is 13.6. The molecule has 1 N–H and O–H groups in total. The first kappa shape index (κ1) is 14.1. The Bertz CT molecular complexity index is 668. The van der Waals surface area contributed by atoms with Crippen LogP contribution in [0.3, 0.4) is 0 Å². The maximum Gasteiger partial charge on any atom is 0.337 e. The molecular weight excluding hydrogens is 289 g/mol. The molecule has 20 heavy (non-hydrogen) atoms. The molecule has 0 fully saturated rings. The molecule has 0 aliphatic carbocycles. The summed E-state index contributed by atoms with van der Waals surface area (Å²) in [6.07, 6.45) is 1.23. The Labute approximate surface area is 118 Å². The first-order valence-electron chi connectivity index (χ1n) is 5.45. The van der Waals surface area contributed by atoms with Gasteiger partial charge in [0.05, 0.1) is 30.2 Å². The molecule has 7 heteroatoms. The number of hydrogen-bond donors (Lipinski definition) is 1. The summed E-state index contributed by atoms with van der Waals surface area (Å²) in [7, 11) is 1.20. The van der Waals surface area contributed by atoms with Crippen LogP contribution in [0.15, 0.2) is 34.9 Å². The van der Waals surface area contributed by atoms with Crippen LogP contribution < -0.4 is 5.32 Å². The van der Waals surface area contributed by atoms with Crippen LogP contribution in [0.4, 0.5) is 10.1 Å². The lowest BCUT2D eigenvalue weighted by Gasteiger charge is -2.07. The molecule has 1 heterocycles. The molecule has 0 unspecified atom stereocenters. The fourth-order valence-electron chi connectivity index (χ4n) is 1.51. The number of hydrogen-bond acceptors (Lipinski definition) is 4. The topological polar surface area (TPSA) is 68.5 Å². The number of esters is 1. The molecule has 0 aliphatic heterocycles. The van der Waals surface area contributed by atoms with Gasteiger partial charge in [-0.25, -0.2) is 9.18 Å². The number of nitrogens with one attached hydrogen (secondary N) is 1. The van der Waals surface area contributed by atoms with Gasteiger partial charge in [-0.1, -0.05) is 0 Å². The van der Waals surface area contributed by atoms with Gasteiger partial charge in [0, 0.05) is 0 Å². The van der Waals surface area contributed by atoms with Gasteiger partial charge in [0.25, 0.3) is 5.91 Å². The molecule has 0 radical (unpaired) electrons. The minimum atomic E-state index is -0.689. The molecule has 0 bridgehead atoms. The number of ether oxygens (including phenoxy) is 1. The lowest BCUT2D eigenvalue weighted by atomic mass is 10.2. The molecule has 0 saturated carbocycles. The van der Waals surface area contributed by atoms with Crippen LogP contribution in [0.2, 0.25) is 5.22 Å². The predicted molar refractivity (Wildman–Crippen MR) is 69.4 cm³/mol. The van der Waals surface area contributed by atoms with Gasteiger partial charge in [0.2, 0.25) is 5.22 Å². The van der Waals surface area contributed by atoms with Crippen molar-refractivity contribution in [1.82, 2.24) is 0 Å². The standard InChI is InChI=1S/C13H9ClFNO4/c1-19-13(18)7-2-3-9(15)10(6-7)16-12(17)8-4-5-20-11(8)14/h2-6H,1H3,(H,16,17). The van der Waals surface area contributed by atoms with Crippen molar-refractivity contribution in [2.75, 3.05) is 12.4 Å². The average Bonchev–Trinajstić information content (AvgIpc) is 2.86. The Morgan fingerprint density at radius 1 is 1.35 bits per heavy atom. The van der Waals surface area contributed by atoms with Crippen LogP contribution in [-0.2, 0) is 4.74 Å². The van der Waals surface area contributed by atoms with E-state index >= 15 is 0 Å². The van der Waals surface area contributed by atoms with Crippen molar-refractivity contribution < 1.29 is 23.1 Å². The van der Waals surface area contributed by atoms with E-state index in [0.29, 0.717) is 0 Å². The largest absolute Gasteiger partial charge is 0.465 e. The Balaban J connectivity index is 2.27. The molecule has 104 valence electrons. The van der Waals surface area contributed by atoms with E-state index in [4.69, 9.17) is 16.0 Å². The van der Waals surface area contributed by atoms with E-state index in [0.717, 1.165) is 6.07 Å². The van der Waals surface area contributed by atoms with Crippen molar-refractivity contribution in [3.63, 3.8) is 0 Å². The third-order valence-electron chi connectivity index (χ3n) is 2.50. The zero-order valence-electron chi connectivity index (χ0n) is 10.3. The molecule has 1 aromatic heterocycles. The highest BCUT2D eigenvalue weighted by Gasteiger charge is 2.16. The van der Waals surface area contributed by atoms with Crippen LogP contribution in [0.1, 0.15) is 20.7 Å². The second-order valence-electron chi connectivity index (χ2n) is 3.75. The van der Waals surface area contributed by atoms with E-state index in [1.165, 1.54) is 31.6 Å². The fraction of sp³-hybridized carbons (Fsp3) is 0.0769. The molecule has 0 saturated heterocycles. The van der Waals surface area contributed by atoms with E-state index in [1.54, 1.807) is 0 Å². The summed E-state index contributed by atoms with van der Waals surface area (Å²) in [6, 6.07) is 4.83. The van der Waals surface area contributed by atoms with E-state index in [1.807, 2.05) is 0 Å². The third kappa shape index (κ3) is 2.80. The van der Waals surface area contributed by atoms with Gasteiger partial charge in [-0.2, -0.15) is 0 Å². The summed E-state index contributed by atoms with van der Waals surface area (Å²) in [5.74, 6) is -1.97. The highest BCUT2D eigenvalue weighted by molar-refractivity contribution is 6.32. The van der Waals surface area contributed by atoms with Crippen LogP contribution in [0.25, 0.3) is 0 Å². The minimum Gasteiger partial charge on any atom is -0.465 e. The molecule has 0 aliphatic rings. The summed E-state index contributed by atoms with van der Waals surface area (Å²) in [5.41, 5.74) is 0.0206. The van der Waals surface area contributed by atoms with Crippen molar-refractivity contribution in [3.8, 4) is 0 Å². The number of methoxy groups -OCH3 is 1. The van der Waals surface area contributed by atoms with E-state index in [9.17, 15) is 14.0 Å². The molecule has 2 aromatic rings. The van der Waals surface area contributed by atoms with Crippen molar-refractivity contribution in [2.24, 2.45) is 0 Å². The second kappa shape index (κ2) is 5.75. The highest BCUT2D eigenvalue weighted by Crippen LogP contribution is 2.21. The SMILES string of the molecule is COC(=O)c1ccc(F)c(NC(=O)c2ccoc2Cl)c1.